The SMILES string of the molecule is Cn1c(C(=O)OCC(=O)N2c3ccccc3Sc3ccccc32)c(-c2ccc(Cl)cc2)c2ccccc2c1=O. The summed E-state index contributed by atoms with van der Waals surface area (Å²) in [5.41, 5.74) is 2.40. The minimum atomic E-state index is -0.772. The summed E-state index contributed by atoms with van der Waals surface area (Å²) in [4.78, 5) is 43.8. The molecule has 0 spiro atoms. The maximum atomic E-state index is 13.6. The average Bonchev–Trinajstić information content (AvgIpc) is 2.96. The summed E-state index contributed by atoms with van der Waals surface area (Å²) in [6.45, 7) is -0.507. The van der Waals surface area contributed by atoms with Gasteiger partial charge in [-0.3, -0.25) is 14.5 Å². The molecule has 8 heteroatoms. The molecule has 1 aromatic heterocycles. The van der Waals surface area contributed by atoms with Crippen molar-refractivity contribution < 1.29 is 14.3 Å². The van der Waals surface area contributed by atoms with Crippen LogP contribution in [0.1, 0.15) is 10.5 Å². The highest BCUT2D eigenvalue weighted by Gasteiger charge is 2.30. The van der Waals surface area contributed by atoms with Gasteiger partial charge in [-0.05, 0) is 53.4 Å². The van der Waals surface area contributed by atoms with Gasteiger partial charge in [0.15, 0.2) is 6.61 Å². The molecule has 0 bridgehead atoms. The molecule has 2 heterocycles. The minimum Gasteiger partial charge on any atom is -0.451 e. The molecule has 0 radical (unpaired) electrons. The lowest BCUT2D eigenvalue weighted by Crippen LogP contribution is -2.33. The Bertz CT molecular complexity index is 1790. The van der Waals surface area contributed by atoms with E-state index < -0.39 is 18.5 Å². The summed E-state index contributed by atoms with van der Waals surface area (Å²) in [6, 6.07) is 29.3. The summed E-state index contributed by atoms with van der Waals surface area (Å²) in [6.07, 6.45) is 0. The second-order valence-electron chi connectivity index (χ2n) is 8.98. The first kappa shape index (κ1) is 25.0. The molecule has 6 rings (SSSR count). The number of amides is 1. The van der Waals surface area contributed by atoms with Gasteiger partial charge in [-0.2, -0.15) is 0 Å². The Balaban J connectivity index is 1.39. The van der Waals surface area contributed by atoms with E-state index in [9.17, 15) is 14.4 Å². The second kappa shape index (κ2) is 10.1. The van der Waals surface area contributed by atoms with Crippen molar-refractivity contribution in [2.24, 2.45) is 7.05 Å². The summed E-state index contributed by atoms with van der Waals surface area (Å²) in [7, 11) is 1.53. The van der Waals surface area contributed by atoms with Crippen LogP contribution in [0.3, 0.4) is 0 Å². The number of anilines is 2. The third kappa shape index (κ3) is 4.39. The van der Waals surface area contributed by atoms with E-state index in [-0.39, 0.29) is 11.3 Å². The Morgan fingerprint density at radius 1 is 0.795 bits per heavy atom. The van der Waals surface area contributed by atoms with E-state index in [2.05, 4.69) is 0 Å². The van der Waals surface area contributed by atoms with E-state index in [0.717, 1.165) is 21.2 Å². The summed E-state index contributed by atoms with van der Waals surface area (Å²) >= 11 is 7.70. The maximum Gasteiger partial charge on any atom is 0.356 e. The monoisotopic (exact) mass is 552 g/mol. The Morgan fingerprint density at radius 2 is 1.36 bits per heavy atom. The van der Waals surface area contributed by atoms with E-state index in [4.69, 9.17) is 16.3 Å². The number of para-hydroxylation sites is 2. The lowest BCUT2D eigenvalue weighted by atomic mass is 9.97. The molecule has 0 saturated carbocycles. The molecule has 0 unspecified atom stereocenters. The molecule has 1 aliphatic heterocycles. The van der Waals surface area contributed by atoms with E-state index in [1.165, 1.54) is 11.6 Å². The smallest absolute Gasteiger partial charge is 0.356 e. The predicted molar refractivity (Wildman–Crippen MR) is 154 cm³/mol. The molecule has 192 valence electrons. The van der Waals surface area contributed by atoms with Gasteiger partial charge in [-0.25, -0.2) is 4.79 Å². The molecule has 1 amide bonds. The lowest BCUT2D eigenvalue weighted by molar-refractivity contribution is -0.121. The van der Waals surface area contributed by atoms with Crippen molar-refractivity contribution >= 4 is 57.4 Å². The first-order valence-electron chi connectivity index (χ1n) is 12.2. The Kier molecular flexibility index (Phi) is 6.46. The number of carbonyl (C=O) groups is 2. The lowest BCUT2D eigenvalue weighted by Gasteiger charge is -2.30. The van der Waals surface area contributed by atoms with Crippen LogP contribution in [0.4, 0.5) is 11.4 Å². The molecule has 0 fully saturated rings. The van der Waals surface area contributed by atoms with Crippen LogP contribution in [0.5, 0.6) is 0 Å². The standard InChI is InChI=1S/C31H21ClN2O4S/c1-33-29(28(19-14-16-20(32)17-15-19)21-8-2-3-9-22(21)30(33)36)31(37)38-18-27(35)34-23-10-4-6-12-25(23)39-26-13-7-5-11-24(26)34/h2-17H,18H2,1H3. The average molecular weight is 553 g/mol. The second-order valence-corrected chi connectivity index (χ2v) is 10.5. The summed E-state index contributed by atoms with van der Waals surface area (Å²) < 4.78 is 6.90. The zero-order valence-corrected chi connectivity index (χ0v) is 22.3. The van der Waals surface area contributed by atoms with E-state index in [1.807, 2.05) is 54.6 Å². The highest BCUT2D eigenvalue weighted by Crippen LogP contribution is 2.47. The number of carbonyl (C=O) groups excluding carboxylic acids is 2. The van der Waals surface area contributed by atoms with Crippen LogP contribution in [0, 0.1) is 0 Å². The van der Waals surface area contributed by atoms with Crippen LogP contribution >= 0.6 is 23.4 Å². The molecule has 0 atom stereocenters. The minimum absolute atomic E-state index is 0.0591. The Hall–Kier alpha value is -4.33. The van der Waals surface area contributed by atoms with Gasteiger partial charge < -0.3 is 9.30 Å². The van der Waals surface area contributed by atoms with Gasteiger partial charge in [-0.15, -0.1) is 0 Å². The third-order valence-electron chi connectivity index (χ3n) is 6.64. The van der Waals surface area contributed by atoms with Crippen molar-refractivity contribution in [1.82, 2.24) is 4.57 Å². The number of fused-ring (bicyclic) bond motifs is 3. The molecular formula is C31H21ClN2O4S. The van der Waals surface area contributed by atoms with Gasteiger partial charge in [0, 0.05) is 32.8 Å². The van der Waals surface area contributed by atoms with Crippen molar-refractivity contribution in [3.8, 4) is 11.1 Å². The van der Waals surface area contributed by atoms with Crippen molar-refractivity contribution in [2.45, 2.75) is 9.79 Å². The fourth-order valence-corrected chi connectivity index (χ4v) is 6.03. The quantitative estimate of drug-likeness (QED) is 0.228. The van der Waals surface area contributed by atoms with Crippen molar-refractivity contribution in [1.29, 1.82) is 0 Å². The number of nitrogens with zero attached hydrogens (tertiary/aromatic N) is 2. The largest absolute Gasteiger partial charge is 0.451 e. The molecule has 1 aliphatic rings. The number of aromatic nitrogens is 1. The zero-order valence-electron chi connectivity index (χ0n) is 20.8. The molecular weight excluding hydrogens is 532 g/mol. The number of ether oxygens (including phenoxy) is 1. The van der Waals surface area contributed by atoms with E-state index in [1.54, 1.807) is 59.1 Å². The molecule has 0 N–H and O–H groups in total. The number of halogens is 1. The molecule has 0 saturated heterocycles. The molecule has 5 aromatic rings. The van der Waals surface area contributed by atoms with Crippen LogP contribution in [0.2, 0.25) is 5.02 Å². The predicted octanol–water partition coefficient (Wildman–Crippen LogP) is 6.85. The number of pyridine rings is 1. The molecule has 39 heavy (non-hydrogen) atoms. The van der Waals surface area contributed by atoms with Crippen LogP contribution in [-0.4, -0.2) is 23.1 Å². The number of esters is 1. The third-order valence-corrected chi connectivity index (χ3v) is 8.02. The Labute approximate surface area is 233 Å². The van der Waals surface area contributed by atoms with Crippen molar-refractivity contribution in [3.63, 3.8) is 0 Å². The van der Waals surface area contributed by atoms with Crippen LogP contribution < -0.4 is 10.5 Å². The Morgan fingerprint density at radius 3 is 2.00 bits per heavy atom. The van der Waals surface area contributed by atoms with Gasteiger partial charge in [0.1, 0.15) is 5.69 Å². The summed E-state index contributed by atoms with van der Waals surface area (Å²) in [5, 5.41) is 1.62. The molecule has 0 aliphatic carbocycles. The fraction of sp³-hybridized carbons (Fsp3) is 0.0645. The van der Waals surface area contributed by atoms with Crippen molar-refractivity contribution in [2.75, 3.05) is 11.5 Å². The maximum absolute atomic E-state index is 13.6. The van der Waals surface area contributed by atoms with Crippen LogP contribution in [-0.2, 0) is 16.6 Å². The van der Waals surface area contributed by atoms with Gasteiger partial charge >= 0.3 is 5.97 Å². The highest BCUT2D eigenvalue weighted by atomic mass is 35.5. The normalized spacial score (nSPS) is 12.1. The number of hydrogen-bond acceptors (Lipinski definition) is 5. The fourth-order valence-electron chi connectivity index (χ4n) is 4.85. The van der Waals surface area contributed by atoms with Gasteiger partial charge in [0.05, 0.1) is 11.4 Å². The first-order chi connectivity index (χ1) is 18.9. The van der Waals surface area contributed by atoms with Crippen LogP contribution in [0.25, 0.3) is 21.9 Å². The van der Waals surface area contributed by atoms with E-state index >= 15 is 0 Å². The number of hydrogen-bond donors (Lipinski definition) is 0. The van der Waals surface area contributed by atoms with Gasteiger partial charge in [0.25, 0.3) is 11.5 Å². The van der Waals surface area contributed by atoms with Gasteiger partial charge in [0.2, 0.25) is 0 Å². The summed E-state index contributed by atoms with van der Waals surface area (Å²) in [5.74, 6) is -1.17. The molecule has 4 aromatic carbocycles. The zero-order chi connectivity index (χ0) is 27.1. The number of rotatable bonds is 4. The highest BCUT2D eigenvalue weighted by molar-refractivity contribution is 7.99. The number of benzene rings is 4. The van der Waals surface area contributed by atoms with Gasteiger partial charge in [-0.1, -0.05) is 78.0 Å². The first-order valence-corrected chi connectivity index (χ1v) is 13.4. The van der Waals surface area contributed by atoms with E-state index in [0.29, 0.717) is 26.9 Å². The molecule has 6 nitrogen and oxygen atoms in total. The van der Waals surface area contributed by atoms with Crippen molar-refractivity contribution in [3.05, 3.63) is 118 Å². The van der Waals surface area contributed by atoms with Crippen LogP contribution in [0.15, 0.2) is 112 Å². The topological polar surface area (TPSA) is 68.6 Å².